The first-order valence-corrected chi connectivity index (χ1v) is 6.68. The zero-order valence-corrected chi connectivity index (χ0v) is 11.4. The van der Waals surface area contributed by atoms with Gasteiger partial charge in [0.1, 0.15) is 0 Å². The van der Waals surface area contributed by atoms with E-state index in [0.29, 0.717) is 0 Å². The second kappa shape index (κ2) is 4.57. The summed E-state index contributed by atoms with van der Waals surface area (Å²) >= 11 is 0. The summed E-state index contributed by atoms with van der Waals surface area (Å²) in [6, 6.07) is 8.23. The standard InChI is InChI=1S/C16H18N2O/c1-12-5-6-15-13(10-12)4-3-8-18(15)16(19)14-7-9-17(2)11-14/h5-7,9-11H,3-4,8H2,1-2H3. The predicted molar refractivity (Wildman–Crippen MR) is 76.6 cm³/mol. The number of aryl methyl sites for hydroxylation is 3. The van der Waals surface area contributed by atoms with E-state index in [2.05, 4.69) is 25.1 Å². The van der Waals surface area contributed by atoms with Crippen LogP contribution in [0.25, 0.3) is 0 Å². The van der Waals surface area contributed by atoms with E-state index in [-0.39, 0.29) is 5.91 Å². The Morgan fingerprint density at radius 3 is 2.84 bits per heavy atom. The maximum absolute atomic E-state index is 12.6. The number of rotatable bonds is 1. The summed E-state index contributed by atoms with van der Waals surface area (Å²) in [6.07, 6.45) is 5.89. The first-order valence-electron chi connectivity index (χ1n) is 6.68. The van der Waals surface area contributed by atoms with Crippen LogP contribution in [0.2, 0.25) is 0 Å². The fourth-order valence-corrected chi connectivity index (χ4v) is 2.72. The maximum Gasteiger partial charge on any atom is 0.259 e. The van der Waals surface area contributed by atoms with Crippen molar-refractivity contribution >= 4 is 11.6 Å². The minimum atomic E-state index is 0.102. The summed E-state index contributed by atoms with van der Waals surface area (Å²) in [5.74, 6) is 0.102. The lowest BCUT2D eigenvalue weighted by Gasteiger charge is -2.29. The van der Waals surface area contributed by atoms with Gasteiger partial charge in [-0.25, -0.2) is 0 Å². The highest BCUT2D eigenvalue weighted by atomic mass is 16.2. The number of amides is 1. The number of carbonyl (C=O) groups excluding carboxylic acids is 1. The zero-order chi connectivity index (χ0) is 13.4. The number of hydrogen-bond acceptors (Lipinski definition) is 1. The van der Waals surface area contributed by atoms with Gasteiger partial charge in [0.05, 0.1) is 5.56 Å². The van der Waals surface area contributed by atoms with Gasteiger partial charge in [-0.2, -0.15) is 0 Å². The Hall–Kier alpha value is -2.03. The molecule has 1 aromatic heterocycles. The zero-order valence-electron chi connectivity index (χ0n) is 11.4. The molecule has 1 aliphatic rings. The van der Waals surface area contributed by atoms with E-state index in [1.54, 1.807) is 0 Å². The van der Waals surface area contributed by atoms with Crippen molar-refractivity contribution in [3.8, 4) is 0 Å². The fraction of sp³-hybridized carbons (Fsp3) is 0.312. The van der Waals surface area contributed by atoms with Crippen molar-refractivity contribution in [2.75, 3.05) is 11.4 Å². The van der Waals surface area contributed by atoms with Gasteiger partial charge in [0.25, 0.3) is 5.91 Å². The number of nitrogens with zero attached hydrogens (tertiary/aromatic N) is 2. The van der Waals surface area contributed by atoms with E-state index in [1.807, 2.05) is 35.0 Å². The summed E-state index contributed by atoms with van der Waals surface area (Å²) in [7, 11) is 1.93. The van der Waals surface area contributed by atoms with Gasteiger partial charge in [0.15, 0.2) is 0 Å². The smallest absolute Gasteiger partial charge is 0.259 e. The average Bonchev–Trinajstić information content (AvgIpc) is 2.83. The molecule has 3 nitrogen and oxygen atoms in total. The molecule has 0 unspecified atom stereocenters. The van der Waals surface area contributed by atoms with Crippen LogP contribution in [0.3, 0.4) is 0 Å². The van der Waals surface area contributed by atoms with E-state index in [9.17, 15) is 4.79 Å². The molecule has 0 aliphatic carbocycles. The Morgan fingerprint density at radius 2 is 2.11 bits per heavy atom. The van der Waals surface area contributed by atoms with E-state index >= 15 is 0 Å². The van der Waals surface area contributed by atoms with Gasteiger partial charge in [-0.15, -0.1) is 0 Å². The van der Waals surface area contributed by atoms with Gasteiger partial charge in [0, 0.05) is 31.7 Å². The van der Waals surface area contributed by atoms with Gasteiger partial charge in [-0.1, -0.05) is 17.7 Å². The second-order valence-electron chi connectivity index (χ2n) is 5.26. The van der Waals surface area contributed by atoms with Gasteiger partial charge in [-0.05, 0) is 37.5 Å². The molecule has 0 spiro atoms. The average molecular weight is 254 g/mol. The molecule has 1 aliphatic heterocycles. The van der Waals surface area contributed by atoms with Crippen LogP contribution >= 0.6 is 0 Å². The number of anilines is 1. The number of benzene rings is 1. The molecule has 1 amide bonds. The SMILES string of the molecule is Cc1ccc2c(c1)CCCN2C(=O)c1ccn(C)c1. The quantitative estimate of drug-likeness (QED) is 0.768. The number of hydrogen-bond donors (Lipinski definition) is 0. The van der Waals surface area contributed by atoms with Gasteiger partial charge >= 0.3 is 0 Å². The Morgan fingerprint density at radius 1 is 1.26 bits per heavy atom. The molecule has 0 radical (unpaired) electrons. The second-order valence-corrected chi connectivity index (χ2v) is 5.26. The van der Waals surface area contributed by atoms with Gasteiger partial charge in [-0.3, -0.25) is 4.79 Å². The summed E-state index contributed by atoms with van der Waals surface area (Å²) in [4.78, 5) is 14.5. The van der Waals surface area contributed by atoms with Crippen LogP contribution < -0.4 is 4.90 Å². The number of carbonyl (C=O) groups is 1. The number of fused-ring (bicyclic) bond motifs is 1. The third-order valence-corrected chi connectivity index (χ3v) is 3.68. The summed E-state index contributed by atoms with van der Waals surface area (Å²) in [5.41, 5.74) is 4.38. The molecular formula is C16H18N2O. The van der Waals surface area contributed by atoms with Crippen molar-refractivity contribution < 1.29 is 4.79 Å². The molecule has 2 heterocycles. The Balaban J connectivity index is 1.97. The minimum absolute atomic E-state index is 0.102. The molecule has 0 saturated heterocycles. The molecule has 0 N–H and O–H groups in total. The third-order valence-electron chi connectivity index (χ3n) is 3.68. The summed E-state index contributed by atoms with van der Waals surface area (Å²) in [6.45, 7) is 2.90. The highest BCUT2D eigenvalue weighted by Gasteiger charge is 2.23. The summed E-state index contributed by atoms with van der Waals surface area (Å²) in [5, 5.41) is 0. The van der Waals surface area contributed by atoms with Crippen LogP contribution in [0.4, 0.5) is 5.69 Å². The van der Waals surface area contributed by atoms with E-state index < -0.39 is 0 Å². The molecule has 0 bridgehead atoms. The lowest BCUT2D eigenvalue weighted by molar-refractivity contribution is 0.0985. The van der Waals surface area contributed by atoms with Crippen molar-refractivity contribution in [1.29, 1.82) is 0 Å². The molecule has 0 atom stereocenters. The summed E-state index contributed by atoms with van der Waals surface area (Å²) < 4.78 is 1.91. The topological polar surface area (TPSA) is 25.2 Å². The van der Waals surface area contributed by atoms with Crippen molar-refractivity contribution in [3.05, 3.63) is 53.3 Å². The molecule has 1 aromatic carbocycles. The minimum Gasteiger partial charge on any atom is -0.356 e. The molecule has 19 heavy (non-hydrogen) atoms. The molecule has 0 saturated carbocycles. The Labute approximate surface area is 113 Å². The van der Waals surface area contributed by atoms with Crippen molar-refractivity contribution in [2.24, 2.45) is 7.05 Å². The van der Waals surface area contributed by atoms with E-state index in [0.717, 1.165) is 30.6 Å². The van der Waals surface area contributed by atoms with Crippen LogP contribution in [-0.2, 0) is 13.5 Å². The number of aromatic nitrogens is 1. The highest BCUT2D eigenvalue weighted by Crippen LogP contribution is 2.29. The molecule has 98 valence electrons. The predicted octanol–water partition coefficient (Wildman–Crippen LogP) is 2.93. The van der Waals surface area contributed by atoms with Crippen LogP contribution in [0.15, 0.2) is 36.7 Å². The largest absolute Gasteiger partial charge is 0.356 e. The van der Waals surface area contributed by atoms with Crippen LogP contribution in [0.1, 0.15) is 27.9 Å². The molecule has 3 heteroatoms. The normalized spacial score (nSPS) is 14.3. The molecule has 2 aromatic rings. The van der Waals surface area contributed by atoms with E-state index in [1.165, 1.54) is 11.1 Å². The first-order chi connectivity index (χ1) is 9.15. The molecular weight excluding hydrogens is 236 g/mol. The van der Waals surface area contributed by atoms with Gasteiger partial charge in [0.2, 0.25) is 0 Å². The van der Waals surface area contributed by atoms with Crippen molar-refractivity contribution in [3.63, 3.8) is 0 Å². The molecule has 0 fully saturated rings. The fourth-order valence-electron chi connectivity index (χ4n) is 2.72. The molecule has 3 rings (SSSR count). The lowest BCUT2D eigenvalue weighted by atomic mass is 9.99. The van der Waals surface area contributed by atoms with Crippen LogP contribution in [0, 0.1) is 6.92 Å². The Bertz CT molecular complexity index is 627. The lowest BCUT2D eigenvalue weighted by Crippen LogP contribution is -2.35. The van der Waals surface area contributed by atoms with E-state index in [4.69, 9.17) is 0 Å². The highest BCUT2D eigenvalue weighted by molar-refractivity contribution is 6.06. The monoisotopic (exact) mass is 254 g/mol. The van der Waals surface area contributed by atoms with Crippen LogP contribution in [-0.4, -0.2) is 17.0 Å². The Kier molecular flexibility index (Phi) is 2.90. The third kappa shape index (κ3) is 2.16. The van der Waals surface area contributed by atoms with Crippen molar-refractivity contribution in [1.82, 2.24) is 4.57 Å². The van der Waals surface area contributed by atoms with Gasteiger partial charge < -0.3 is 9.47 Å². The van der Waals surface area contributed by atoms with Crippen molar-refractivity contribution in [2.45, 2.75) is 19.8 Å². The first kappa shape index (κ1) is 12.0. The maximum atomic E-state index is 12.6. The van der Waals surface area contributed by atoms with Crippen LogP contribution in [0.5, 0.6) is 0 Å².